The number of carbonyl (C=O) groups excluding carboxylic acids is 1. The zero-order chi connectivity index (χ0) is 22.5. The minimum absolute atomic E-state index is 0.0402. The molecule has 7 heteroatoms. The zero-order valence-corrected chi connectivity index (χ0v) is 20.0. The maximum atomic E-state index is 13.1. The Morgan fingerprint density at radius 2 is 1.85 bits per heavy atom. The topological polar surface area (TPSA) is 60.3 Å². The number of anilines is 1. The van der Waals surface area contributed by atoms with Crippen molar-refractivity contribution in [2.75, 3.05) is 12.4 Å². The molecule has 0 saturated heterocycles. The molecule has 6 rings (SSSR count). The molecule has 1 N–H and O–H groups in total. The highest BCUT2D eigenvalue weighted by molar-refractivity contribution is 8.00. The van der Waals surface area contributed by atoms with E-state index in [1.165, 1.54) is 36.2 Å². The van der Waals surface area contributed by atoms with Crippen molar-refractivity contribution in [1.82, 2.24) is 4.57 Å². The van der Waals surface area contributed by atoms with Gasteiger partial charge in [-0.1, -0.05) is 41.7 Å². The average molecular weight is 479 g/mol. The summed E-state index contributed by atoms with van der Waals surface area (Å²) < 4.78 is 7.09. The normalized spacial score (nSPS) is 27.1. The van der Waals surface area contributed by atoms with Gasteiger partial charge in [-0.25, -0.2) is 0 Å². The Hall–Kier alpha value is -2.51. The fourth-order valence-corrected chi connectivity index (χ4v) is 9.29. The number of carbonyl (C=O) groups is 1. The lowest BCUT2D eigenvalue weighted by atomic mass is 9.75. The van der Waals surface area contributed by atoms with E-state index in [0.717, 1.165) is 27.3 Å². The number of thioether (sulfide) groups is 1. The number of amides is 1. The van der Waals surface area contributed by atoms with Crippen molar-refractivity contribution in [3.8, 4) is 5.75 Å². The minimum atomic E-state index is -0.166. The molecule has 1 aliphatic heterocycles. The molecule has 5 nitrogen and oxygen atoms in total. The highest BCUT2D eigenvalue weighted by Crippen LogP contribution is 2.64. The molecule has 0 spiro atoms. The summed E-state index contributed by atoms with van der Waals surface area (Å²) in [7, 11) is 1.68. The van der Waals surface area contributed by atoms with Crippen LogP contribution in [-0.4, -0.2) is 22.8 Å². The quantitative estimate of drug-likeness (QED) is 0.547. The number of hydrogen-bond acceptors (Lipinski definition) is 5. The van der Waals surface area contributed by atoms with Crippen LogP contribution in [0.15, 0.2) is 64.4 Å². The van der Waals surface area contributed by atoms with Crippen LogP contribution in [0.25, 0.3) is 0 Å². The van der Waals surface area contributed by atoms with Gasteiger partial charge in [-0.05, 0) is 66.8 Å². The summed E-state index contributed by atoms with van der Waals surface area (Å²) in [6.45, 7) is 0.0490. The Kier molecular flexibility index (Phi) is 5.34. The smallest absolute Gasteiger partial charge is 0.308 e. The van der Waals surface area contributed by atoms with Gasteiger partial charge in [0.2, 0.25) is 5.91 Å². The summed E-state index contributed by atoms with van der Waals surface area (Å²) in [6.07, 6.45) is 3.87. The third kappa shape index (κ3) is 3.62. The molecule has 3 aliphatic rings. The number of fused-ring (bicyclic) bond motifs is 6. The molecule has 33 heavy (non-hydrogen) atoms. The van der Waals surface area contributed by atoms with E-state index in [-0.39, 0.29) is 23.2 Å². The van der Waals surface area contributed by atoms with Gasteiger partial charge in [0.15, 0.2) is 0 Å². The van der Waals surface area contributed by atoms with E-state index in [4.69, 9.17) is 4.74 Å². The Balaban J connectivity index is 1.37. The van der Waals surface area contributed by atoms with E-state index in [1.54, 1.807) is 11.7 Å². The predicted molar refractivity (Wildman–Crippen MR) is 132 cm³/mol. The fourth-order valence-electron chi connectivity index (χ4n) is 6.14. The van der Waals surface area contributed by atoms with E-state index >= 15 is 0 Å². The lowest BCUT2D eigenvalue weighted by Gasteiger charge is -2.40. The Labute approximate surface area is 201 Å². The molecule has 170 valence electrons. The number of nitrogens with zero attached hydrogens (tertiary/aromatic N) is 1. The highest BCUT2D eigenvalue weighted by atomic mass is 32.2. The zero-order valence-electron chi connectivity index (χ0n) is 18.4. The van der Waals surface area contributed by atoms with Crippen LogP contribution >= 0.6 is 23.1 Å². The Morgan fingerprint density at radius 3 is 2.61 bits per heavy atom. The molecule has 3 aromatic rings. The average Bonchev–Trinajstić information content (AvgIpc) is 3.53. The SMILES string of the molecule is COc1ccc([C@@H]2c3sc(=O)n(CC(=O)Nc4ccccc4)c3SC3C4CCC(C4)C32)cc1. The molecular weight excluding hydrogens is 452 g/mol. The number of nitrogens with one attached hydrogen (secondary N) is 1. The van der Waals surface area contributed by atoms with Crippen molar-refractivity contribution in [2.45, 2.75) is 42.0 Å². The first kappa shape index (κ1) is 21.1. The summed E-state index contributed by atoms with van der Waals surface area (Å²) in [6, 6.07) is 17.8. The lowest BCUT2D eigenvalue weighted by Crippen LogP contribution is -2.34. The van der Waals surface area contributed by atoms with Crippen LogP contribution < -0.4 is 14.9 Å². The number of para-hydroxylation sites is 1. The molecule has 5 atom stereocenters. The van der Waals surface area contributed by atoms with Crippen molar-refractivity contribution in [3.63, 3.8) is 0 Å². The second-order valence-electron chi connectivity index (χ2n) is 9.28. The molecule has 2 aromatic carbocycles. The molecule has 4 unspecified atom stereocenters. The summed E-state index contributed by atoms with van der Waals surface area (Å²) in [4.78, 5) is 27.0. The van der Waals surface area contributed by atoms with Gasteiger partial charge in [0.1, 0.15) is 12.3 Å². The number of aromatic nitrogens is 1. The first-order chi connectivity index (χ1) is 16.1. The summed E-state index contributed by atoms with van der Waals surface area (Å²) in [5.41, 5.74) is 2.00. The van der Waals surface area contributed by atoms with Gasteiger partial charge in [0.25, 0.3) is 0 Å². The van der Waals surface area contributed by atoms with Crippen LogP contribution in [0.5, 0.6) is 5.75 Å². The van der Waals surface area contributed by atoms with Crippen LogP contribution in [0.3, 0.4) is 0 Å². The Bertz CT molecular complexity index is 1230. The first-order valence-corrected chi connectivity index (χ1v) is 13.2. The molecule has 0 radical (unpaired) electrons. The van der Waals surface area contributed by atoms with Gasteiger partial charge < -0.3 is 10.1 Å². The molecule has 1 amide bonds. The van der Waals surface area contributed by atoms with Crippen LogP contribution in [0.4, 0.5) is 5.69 Å². The van der Waals surface area contributed by atoms with Crippen molar-refractivity contribution in [2.24, 2.45) is 17.8 Å². The number of methoxy groups -OCH3 is 1. The summed E-state index contributed by atoms with van der Waals surface area (Å²) in [5, 5.41) is 4.44. The van der Waals surface area contributed by atoms with E-state index in [1.807, 2.05) is 54.2 Å². The Morgan fingerprint density at radius 1 is 1.09 bits per heavy atom. The summed E-state index contributed by atoms with van der Waals surface area (Å²) in [5.74, 6) is 2.88. The maximum Gasteiger partial charge on any atom is 0.308 e. The standard InChI is InChI=1S/C26H26N2O3S2/c1-31-19-11-9-15(10-12-19)21-22-16-7-8-17(13-16)23(22)32-25-24(21)33-26(30)28(25)14-20(29)27-18-5-3-2-4-6-18/h2-6,9-12,16-17,21-23H,7-8,13-14H2,1H3,(H,27,29)/t16?,17?,21-,22?,23?/m0/s1. The van der Waals surface area contributed by atoms with Crippen LogP contribution in [-0.2, 0) is 11.3 Å². The first-order valence-electron chi connectivity index (χ1n) is 11.5. The predicted octanol–water partition coefficient (Wildman–Crippen LogP) is 5.21. The van der Waals surface area contributed by atoms with Gasteiger partial charge >= 0.3 is 4.87 Å². The molecular formula is C26H26N2O3S2. The van der Waals surface area contributed by atoms with Crippen LogP contribution in [0.1, 0.15) is 35.6 Å². The number of hydrogen-bond donors (Lipinski definition) is 1. The van der Waals surface area contributed by atoms with E-state index < -0.39 is 0 Å². The van der Waals surface area contributed by atoms with E-state index in [9.17, 15) is 9.59 Å². The van der Waals surface area contributed by atoms with Gasteiger partial charge in [0.05, 0.1) is 12.1 Å². The molecule has 2 heterocycles. The van der Waals surface area contributed by atoms with E-state index in [0.29, 0.717) is 17.1 Å². The molecule has 2 saturated carbocycles. The molecule has 1 aromatic heterocycles. The van der Waals surface area contributed by atoms with Crippen molar-refractivity contribution < 1.29 is 9.53 Å². The fraction of sp³-hybridized carbons (Fsp3) is 0.385. The van der Waals surface area contributed by atoms with Gasteiger partial charge in [0, 0.05) is 21.7 Å². The molecule has 2 aliphatic carbocycles. The number of thiazole rings is 1. The summed E-state index contributed by atoms with van der Waals surface area (Å²) >= 11 is 3.19. The number of rotatable bonds is 5. The van der Waals surface area contributed by atoms with Crippen molar-refractivity contribution in [1.29, 1.82) is 0 Å². The molecule has 2 bridgehead atoms. The van der Waals surface area contributed by atoms with Crippen molar-refractivity contribution in [3.05, 3.63) is 74.7 Å². The third-order valence-corrected chi connectivity index (χ3v) is 10.4. The third-order valence-electron chi connectivity index (χ3n) is 7.52. The second kappa shape index (κ2) is 8.37. The number of benzene rings is 2. The lowest BCUT2D eigenvalue weighted by molar-refractivity contribution is -0.116. The van der Waals surface area contributed by atoms with Crippen LogP contribution in [0.2, 0.25) is 0 Å². The second-order valence-corrected chi connectivity index (χ2v) is 11.4. The van der Waals surface area contributed by atoms with Gasteiger partial charge in [-0.2, -0.15) is 0 Å². The largest absolute Gasteiger partial charge is 0.497 e. The van der Waals surface area contributed by atoms with Crippen LogP contribution in [0, 0.1) is 17.8 Å². The number of ether oxygens (including phenoxy) is 1. The van der Waals surface area contributed by atoms with Gasteiger partial charge in [-0.3, -0.25) is 14.2 Å². The van der Waals surface area contributed by atoms with Gasteiger partial charge in [-0.15, -0.1) is 11.8 Å². The minimum Gasteiger partial charge on any atom is -0.497 e. The molecule has 2 fully saturated rings. The monoisotopic (exact) mass is 478 g/mol. The van der Waals surface area contributed by atoms with E-state index in [2.05, 4.69) is 17.4 Å². The maximum absolute atomic E-state index is 13.1. The van der Waals surface area contributed by atoms with Crippen molar-refractivity contribution >= 4 is 34.7 Å². The highest BCUT2D eigenvalue weighted by Gasteiger charge is 2.55.